The van der Waals surface area contributed by atoms with Gasteiger partial charge in [-0.3, -0.25) is 20.9 Å². The molecular weight excluding hydrogens is 430 g/mol. The van der Waals surface area contributed by atoms with Crippen LogP contribution in [0.1, 0.15) is 37.8 Å². The van der Waals surface area contributed by atoms with Crippen molar-refractivity contribution >= 4 is 11.9 Å². The number of carbonyl (C=O) groups is 1. The number of benzene rings is 2. The Morgan fingerprint density at radius 3 is 2.74 bits per heavy atom. The Labute approximate surface area is 202 Å². The van der Waals surface area contributed by atoms with Crippen molar-refractivity contribution < 1.29 is 14.3 Å². The predicted molar refractivity (Wildman–Crippen MR) is 134 cm³/mol. The number of amides is 1. The molecule has 1 aliphatic rings. The van der Waals surface area contributed by atoms with Crippen LogP contribution < -0.4 is 21.2 Å². The molecule has 2 atom stereocenters. The van der Waals surface area contributed by atoms with Crippen molar-refractivity contribution in [2.24, 2.45) is 11.7 Å². The second-order valence-electron chi connectivity index (χ2n) is 8.96. The summed E-state index contributed by atoms with van der Waals surface area (Å²) in [4.78, 5) is 11.9. The predicted octanol–water partition coefficient (Wildman–Crippen LogP) is 3.06. The van der Waals surface area contributed by atoms with Crippen molar-refractivity contribution in [1.29, 1.82) is 5.41 Å². The molecule has 1 amide bonds. The van der Waals surface area contributed by atoms with Gasteiger partial charge in [0.15, 0.2) is 5.96 Å². The standard InChI is InChI=1S/C26H37N5O3/c1-18-16-31(30-19(18)2)17-21-6-4-7-22(14-21)23-10-8-20(9-11-25(32)29-26(27)28)15-24(23)34-13-5-12-33-3/h4,6-8,10,14-15,18-19,30H,5,9,11-13,16-17H2,1-3H3,(H4,27,28,29,32). The zero-order valence-corrected chi connectivity index (χ0v) is 20.4. The van der Waals surface area contributed by atoms with Crippen LogP contribution in [0.4, 0.5) is 0 Å². The molecule has 1 heterocycles. The van der Waals surface area contributed by atoms with E-state index in [1.54, 1.807) is 7.11 Å². The Morgan fingerprint density at radius 1 is 1.21 bits per heavy atom. The van der Waals surface area contributed by atoms with Gasteiger partial charge in [0, 0.05) is 51.3 Å². The van der Waals surface area contributed by atoms with Crippen molar-refractivity contribution in [3.63, 3.8) is 0 Å². The van der Waals surface area contributed by atoms with Crippen molar-refractivity contribution in [3.8, 4) is 16.9 Å². The summed E-state index contributed by atoms with van der Waals surface area (Å²) in [5.41, 5.74) is 13.1. The molecule has 2 aromatic rings. The Balaban J connectivity index is 1.77. The van der Waals surface area contributed by atoms with Gasteiger partial charge in [-0.05, 0) is 48.1 Å². The Kier molecular flexibility index (Phi) is 9.44. The van der Waals surface area contributed by atoms with Gasteiger partial charge in [0.2, 0.25) is 5.91 Å². The first-order chi connectivity index (χ1) is 16.4. The minimum absolute atomic E-state index is 0.247. The lowest BCUT2D eigenvalue weighted by atomic mass is 9.99. The normalized spacial score (nSPS) is 18.1. The van der Waals surface area contributed by atoms with E-state index in [1.807, 2.05) is 12.1 Å². The first-order valence-corrected chi connectivity index (χ1v) is 11.8. The largest absolute Gasteiger partial charge is 0.493 e. The quantitative estimate of drug-likeness (QED) is 0.230. The van der Waals surface area contributed by atoms with E-state index in [4.69, 9.17) is 20.6 Å². The van der Waals surface area contributed by atoms with Gasteiger partial charge in [-0.1, -0.05) is 37.3 Å². The second-order valence-corrected chi connectivity index (χ2v) is 8.96. The molecule has 0 aromatic heterocycles. The van der Waals surface area contributed by atoms with Gasteiger partial charge in [-0.2, -0.15) is 0 Å². The van der Waals surface area contributed by atoms with Gasteiger partial charge in [-0.25, -0.2) is 5.01 Å². The van der Waals surface area contributed by atoms with E-state index in [1.165, 1.54) is 5.56 Å². The number of nitrogens with two attached hydrogens (primary N) is 1. The number of hydrazine groups is 1. The number of ether oxygens (including phenoxy) is 2. The third kappa shape index (κ3) is 7.55. The topological polar surface area (TPSA) is 113 Å². The second kappa shape index (κ2) is 12.5. The molecule has 34 heavy (non-hydrogen) atoms. The minimum atomic E-state index is -0.338. The highest BCUT2D eigenvalue weighted by Crippen LogP contribution is 2.32. The zero-order valence-electron chi connectivity index (χ0n) is 20.4. The van der Waals surface area contributed by atoms with Crippen molar-refractivity contribution in [1.82, 2.24) is 15.8 Å². The van der Waals surface area contributed by atoms with E-state index in [0.717, 1.165) is 42.0 Å². The maximum Gasteiger partial charge on any atom is 0.226 e. The minimum Gasteiger partial charge on any atom is -0.493 e. The highest BCUT2D eigenvalue weighted by molar-refractivity contribution is 5.94. The van der Waals surface area contributed by atoms with Crippen molar-refractivity contribution in [2.75, 3.05) is 26.9 Å². The van der Waals surface area contributed by atoms with Crippen LogP contribution in [0.15, 0.2) is 42.5 Å². The molecule has 5 N–H and O–H groups in total. The number of carbonyl (C=O) groups excluding carboxylic acids is 1. The molecule has 8 heteroatoms. The summed E-state index contributed by atoms with van der Waals surface area (Å²) in [6.07, 6.45) is 1.57. The van der Waals surface area contributed by atoms with Gasteiger partial charge >= 0.3 is 0 Å². The van der Waals surface area contributed by atoms with Gasteiger partial charge in [0.05, 0.1) is 6.61 Å². The molecule has 0 radical (unpaired) electrons. The van der Waals surface area contributed by atoms with E-state index < -0.39 is 0 Å². The number of hydrogen-bond acceptors (Lipinski definition) is 6. The summed E-state index contributed by atoms with van der Waals surface area (Å²) in [7, 11) is 1.68. The van der Waals surface area contributed by atoms with Crippen LogP contribution in [0, 0.1) is 11.3 Å². The molecule has 2 aromatic carbocycles. The van der Waals surface area contributed by atoms with Crippen LogP contribution in [-0.4, -0.2) is 49.8 Å². The lowest BCUT2D eigenvalue weighted by Crippen LogP contribution is -2.35. The van der Waals surface area contributed by atoms with E-state index in [2.05, 4.69) is 59.9 Å². The number of nitrogens with one attached hydrogen (secondary N) is 3. The van der Waals surface area contributed by atoms with Crippen molar-refractivity contribution in [2.45, 2.75) is 45.7 Å². The molecular formula is C26H37N5O3. The Morgan fingerprint density at radius 2 is 2.03 bits per heavy atom. The average molecular weight is 468 g/mol. The molecule has 1 fully saturated rings. The summed E-state index contributed by atoms with van der Waals surface area (Å²) in [6, 6.07) is 15.1. The molecule has 8 nitrogen and oxygen atoms in total. The SMILES string of the molecule is COCCCOc1cc(CCC(=O)NC(=N)N)ccc1-c1cccc(CN2CC(C)C(C)N2)c1. The van der Waals surface area contributed by atoms with E-state index >= 15 is 0 Å². The number of hydrogen-bond donors (Lipinski definition) is 4. The Bertz CT molecular complexity index is 971. The zero-order chi connectivity index (χ0) is 24.5. The van der Waals surface area contributed by atoms with Crippen molar-refractivity contribution in [3.05, 3.63) is 53.6 Å². The van der Waals surface area contributed by atoms with E-state index in [0.29, 0.717) is 31.6 Å². The lowest BCUT2D eigenvalue weighted by Gasteiger charge is -2.18. The molecule has 1 aliphatic heterocycles. The van der Waals surface area contributed by atoms with Crippen LogP contribution in [0.25, 0.3) is 11.1 Å². The van der Waals surface area contributed by atoms with E-state index in [9.17, 15) is 4.79 Å². The number of methoxy groups -OCH3 is 1. The van der Waals surface area contributed by atoms with Gasteiger partial charge in [-0.15, -0.1) is 0 Å². The third-order valence-corrected chi connectivity index (χ3v) is 6.07. The summed E-state index contributed by atoms with van der Waals surface area (Å²) >= 11 is 0. The van der Waals surface area contributed by atoms with Crippen LogP contribution in [0.5, 0.6) is 5.75 Å². The number of nitrogens with zero attached hydrogens (tertiary/aromatic N) is 1. The summed E-state index contributed by atoms with van der Waals surface area (Å²) in [5.74, 6) is 0.807. The lowest BCUT2D eigenvalue weighted by molar-refractivity contribution is -0.119. The first kappa shape index (κ1) is 25.7. The fraction of sp³-hybridized carbons (Fsp3) is 0.462. The fourth-order valence-corrected chi connectivity index (χ4v) is 4.08. The Hall–Kier alpha value is -2.94. The van der Waals surface area contributed by atoms with Crippen LogP contribution in [-0.2, 0) is 22.5 Å². The van der Waals surface area contributed by atoms with Gasteiger partial charge in [0.1, 0.15) is 5.75 Å². The van der Waals surface area contributed by atoms with E-state index in [-0.39, 0.29) is 18.3 Å². The maximum absolute atomic E-state index is 11.9. The molecule has 1 saturated heterocycles. The summed E-state index contributed by atoms with van der Waals surface area (Å²) in [5, 5.41) is 11.8. The number of rotatable bonds is 11. The number of aryl methyl sites for hydroxylation is 1. The summed E-state index contributed by atoms with van der Waals surface area (Å²) in [6.45, 7) is 7.55. The average Bonchev–Trinajstić information content (AvgIpc) is 3.11. The molecule has 0 saturated carbocycles. The smallest absolute Gasteiger partial charge is 0.226 e. The number of guanidine groups is 1. The highest BCUT2D eigenvalue weighted by Gasteiger charge is 2.25. The molecule has 0 spiro atoms. The molecule has 0 aliphatic carbocycles. The highest BCUT2D eigenvalue weighted by atomic mass is 16.5. The molecule has 0 bridgehead atoms. The maximum atomic E-state index is 11.9. The van der Waals surface area contributed by atoms with Crippen LogP contribution in [0.2, 0.25) is 0 Å². The van der Waals surface area contributed by atoms with Gasteiger partial charge < -0.3 is 15.2 Å². The molecule has 184 valence electrons. The van der Waals surface area contributed by atoms with Gasteiger partial charge in [0.25, 0.3) is 0 Å². The summed E-state index contributed by atoms with van der Waals surface area (Å²) < 4.78 is 11.3. The monoisotopic (exact) mass is 467 g/mol. The fourth-order valence-electron chi connectivity index (χ4n) is 4.08. The first-order valence-electron chi connectivity index (χ1n) is 11.8. The van der Waals surface area contributed by atoms with Crippen LogP contribution in [0.3, 0.4) is 0 Å². The molecule has 2 unspecified atom stereocenters. The third-order valence-electron chi connectivity index (χ3n) is 6.07. The van der Waals surface area contributed by atoms with Crippen LogP contribution >= 0.6 is 0 Å². The molecule has 3 rings (SSSR count).